The molecule has 0 saturated heterocycles. The molecule has 3 rings (SSSR count). The zero-order valence-electron chi connectivity index (χ0n) is 8.61. The molecule has 1 heteroatoms. The molecule has 2 aromatic carbocycles. The monoisotopic (exact) mass is 198 g/mol. The second kappa shape index (κ2) is 3.07. The van der Waals surface area contributed by atoms with Crippen molar-refractivity contribution in [3.8, 4) is 0 Å². The highest BCUT2D eigenvalue weighted by molar-refractivity contribution is 5.85. The first-order valence-corrected chi connectivity index (χ1v) is 5.46. The summed E-state index contributed by atoms with van der Waals surface area (Å²) in [4.78, 5) is 0. The Bertz CT molecular complexity index is 492. The maximum atomic E-state index is 9.94. The number of benzene rings is 2. The van der Waals surface area contributed by atoms with Gasteiger partial charge in [0.05, 0.1) is 5.60 Å². The van der Waals surface area contributed by atoms with Crippen molar-refractivity contribution in [1.82, 2.24) is 0 Å². The summed E-state index contributed by atoms with van der Waals surface area (Å²) in [6.07, 6.45) is 2.71. The Labute approximate surface area is 89.4 Å². The van der Waals surface area contributed by atoms with Crippen molar-refractivity contribution in [3.05, 3.63) is 48.0 Å². The van der Waals surface area contributed by atoms with E-state index in [1.807, 2.05) is 0 Å². The lowest BCUT2D eigenvalue weighted by Gasteiger charge is -2.10. The van der Waals surface area contributed by atoms with Crippen LogP contribution in [0.5, 0.6) is 0 Å². The van der Waals surface area contributed by atoms with Crippen molar-refractivity contribution >= 4 is 10.8 Å². The van der Waals surface area contributed by atoms with Gasteiger partial charge in [0, 0.05) is 6.42 Å². The molecule has 15 heavy (non-hydrogen) atoms. The molecule has 0 heterocycles. The summed E-state index contributed by atoms with van der Waals surface area (Å²) < 4.78 is 0. The summed E-state index contributed by atoms with van der Waals surface area (Å²) in [6.45, 7) is 0. The normalized spacial score (nSPS) is 17.9. The van der Waals surface area contributed by atoms with Crippen molar-refractivity contribution in [1.29, 1.82) is 0 Å². The van der Waals surface area contributed by atoms with Gasteiger partial charge in [0.15, 0.2) is 0 Å². The van der Waals surface area contributed by atoms with E-state index >= 15 is 0 Å². The van der Waals surface area contributed by atoms with Crippen LogP contribution in [-0.2, 0) is 6.42 Å². The van der Waals surface area contributed by atoms with E-state index in [1.165, 1.54) is 16.3 Å². The maximum absolute atomic E-state index is 9.94. The molecular weight excluding hydrogens is 184 g/mol. The molecule has 0 unspecified atom stereocenters. The zero-order chi connectivity index (χ0) is 10.3. The molecule has 0 bridgehead atoms. The lowest BCUT2D eigenvalue weighted by Crippen LogP contribution is -2.10. The molecule has 0 aromatic heterocycles. The number of rotatable bonds is 2. The van der Waals surface area contributed by atoms with Gasteiger partial charge in [-0.3, -0.25) is 0 Å². The van der Waals surface area contributed by atoms with Crippen molar-refractivity contribution in [2.24, 2.45) is 0 Å². The van der Waals surface area contributed by atoms with Gasteiger partial charge in [0.2, 0.25) is 0 Å². The Morgan fingerprint density at radius 3 is 2.53 bits per heavy atom. The van der Waals surface area contributed by atoms with Crippen LogP contribution in [0.4, 0.5) is 0 Å². The Balaban J connectivity index is 2.09. The third-order valence-electron chi connectivity index (χ3n) is 3.23. The largest absolute Gasteiger partial charge is 0.390 e. The molecular formula is C14H14O. The van der Waals surface area contributed by atoms with Crippen LogP contribution < -0.4 is 0 Å². The SMILES string of the molecule is OC1(Cc2cccc3ccccc23)CC1. The third kappa shape index (κ3) is 1.64. The summed E-state index contributed by atoms with van der Waals surface area (Å²) >= 11 is 0. The maximum Gasteiger partial charge on any atom is 0.0690 e. The minimum atomic E-state index is -0.399. The fourth-order valence-corrected chi connectivity index (χ4v) is 2.12. The minimum Gasteiger partial charge on any atom is -0.390 e. The Kier molecular flexibility index (Phi) is 1.83. The molecule has 1 nitrogen and oxygen atoms in total. The standard InChI is InChI=1S/C14H14O/c15-14(8-9-14)10-12-6-3-5-11-4-1-2-7-13(11)12/h1-7,15H,8-10H2. The van der Waals surface area contributed by atoms with E-state index in [1.54, 1.807) is 0 Å². The minimum absolute atomic E-state index is 0.399. The lowest BCUT2D eigenvalue weighted by atomic mass is 9.99. The van der Waals surface area contributed by atoms with Crippen LogP contribution in [0.25, 0.3) is 10.8 Å². The predicted octanol–water partition coefficient (Wildman–Crippen LogP) is 2.91. The molecule has 0 atom stereocenters. The van der Waals surface area contributed by atoms with Crippen molar-refractivity contribution in [2.75, 3.05) is 0 Å². The van der Waals surface area contributed by atoms with Crippen LogP contribution in [-0.4, -0.2) is 10.7 Å². The van der Waals surface area contributed by atoms with Crippen molar-refractivity contribution in [2.45, 2.75) is 24.9 Å². The van der Waals surface area contributed by atoms with Crippen LogP contribution in [0, 0.1) is 0 Å². The van der Waals surface area contributed by atoms with Crippen molar-refractivity contribution in [3.63, 3.8) is 0 Å². The Morgan fingerprint density at radius 1 is 1.00 bits per heavy atom. The number of hydrogen-bond acceptors (Lipinski definition) is 1. The van der Waals surface area contributed by atoms with E-state index in [-0.39, 0.29) is 0 Å². The van der Waals surface area contributed by atoms with E-state index in [2.05, 4.69) is 42.5 Å². The first-order chi connectivity index (χ1) is 7.27. The zero-order valence-corrected chi connectivity index (χ0v) is 8.61. The van der Waals surface area contributed by atoms with Gasteiger partial charge in [-0.15, -0.1) is 0 Å². The molecule has 1 aliphatic carbocycles. The molecule has 76 valence electrons. The summed E-state index contributed by atoms with van der Waals surface area (Å²) in [5.74, 6) is 0. The van der Waals surface area contributed by atoms with Gasteiger partial charge in [-0.2, -0.15) is 0 Å². The highest BCUT2D eigenvalue weighted by Crippen LogP contribution is 2.39. The Morgan fingerprint density at radius 2 is 1.73 bits per heavy atom. The number of aliphatic hydroxyl groups is 1. The highest BCUT2D eigenvalue weighted by atomic mass is 16.3. The van der Waals surface area contributed by atoms with Gasteiger partial charge in [-0.25, -0.2) is 0 Å². The van der Waals surface area contributed by atoms with E-state index < -0.39 is 5.60 Å². The topological polar surface area (TPSA) is 20.2 Å². The molecule has 1 fully saturated rings. The summed E-state index contributed by atoms with van der Waals surface area (Å²) in [5.41, 5.74) is 0.873. The Hall–Kier alpha value is -1.34. The van der Waals surface area contributed by atoms with Gasteiger partial charge in [0.1, 0.15) is 0 Å². The number of hydrogen-bond donors (Lipinski definition) is 1. The third-order valence-corrected chi connectivity index (χ3v) is 3.23. The van der Waals surface area contributed by atoms with Crippen molar-refractivity contribution < 1.29 is 5.11 Å². The molecule has 2 aromatic rings. The predicted molar refractivity (Wildman–Crippen MR) is 61.8 cm³/mol. The van der Waals surface area contributed by atoms with Gasteiger partial charge < -0.3 is 5.11 Å². The van der Waals surface area contributed by atoms with Crippen LogP contribution in [0.2, 0.25) is 0 Å². The molecule has 0 spiro atoms. The second-order valence-electron chi connectivity index (χ2n) is 4.54. The highest BCUT2D eigenvalue weighted by Gasteiger charge is 2.40. The molecule has 0 amide bonds. The van der Waals surface area contributed by atoms with E-state index in [0.29, 0.717) is 0 Å². The van der Waals surface area contributed by atoms with Gasteiger partial charge in [-0.1, -0.05) is 42.5 Å². The number of fused-ring (bicyclic) bond motifs is 1. The van der Waals surface area contributed by atoms with E-state index in [4.69, 9.17) is 0 Å². The fraction of sp³-hybridized carbons (Fsp3) is 0.286. The molecule has 0 aliphatic heterocycles. The van der Waals surface area contributed by atoms with E-state index in [9.17, 15) is 5.11 Å². The van der Waals surface area contributed by atoms with Gasteiger partial charge in [0.25, 0.3) is 0 Å². The summed E-state index contributed by atoms with van der Waals surface area (Å²) in [6, 6.07) is 14.7. The van der Waals surface area contributed by atoms with Gasteiger partial charge >= 0.3 is 0 Å². The first-order valence-electron chi connectivity index (χ1n) is 5.46. The smallest absolute Gasteiger partial charge is 0.0690 e. The van der Waals surface area contributed by atoms with Crippen LogP contribution in [0.15, 0.2) is 42.5 Å². The van der Waals surface area contributed by atoms with Crippen LogP contribution >= 0.6 is 0 Å². The van der Waals surface area contributed by atoms with E-state index in [0.717, 1.165) is 19.3 Å². The molecule has 0 radical (unpaired) electrons. The summed E-state index contributed by atoms with van der Waals surface area (Å²) in [7, 11) is 0. The molecule has 1 N–H and O–H groups in total. The van der Waals surface area contributed by atoms with Gasteiger partial charge in [-0.05, 0) is 29.2 Å². The van der Waals surface area contributed by atoms with Crippen LogP contribution in [0.1, 0.15) is 18.4 Å². The van der Waals surface area contributed by atoms with Crippen LogP contribution in [0.3, 0.4) is 0 Å². The summed E-state index contributed by atoms with van der Waals surface area (Å²) in [5, 5.41) is 12.5. The average molecular weight is 198 g/mol. The lowest BCUT2D eigenvalue weighted by molar-refractivity contribution is 0.151. The molecule has 1 aliphatic rings. The average Bonchev–Trinajstić information content (AvgIpc) is 2.97. The first kappa shape index (κ1) is 8.93. The second-order valence-corrected chi connectivity index (χ2v) is 4.54. The quantitative estimate of drug-likeness (QED) is 0.786. The fourth-order valence-electron chi connectivity index (χ4n) is 2.12. The molecule has 1 saturated carbocycles.